The van der Waals surface area contributed by atoms with Crippen LogP contribution in [0.2, 0.25) is 0 Å². The number of hydrogen-bond donors (Lipinski definition) is 1. The van der Waals surface area contributed by atoms with Gasteiger partial charge in [0.15, 0.2) is 0 Å². The van der Waals surface area contributed by atoms with Gasteiger partial charge in [-0.05, 0) is 44.2 Å². The second-order valence-electron chi connectivity index (χ2n) is 5.01. The van der Waals surface area contributed by atoms with E-state index >= 15 is 0 Å². The van der Waals surface area contributed by atoms with Crippen LogP contribution in [0, 0.1) is 0 Å². The van der Waals surface area contributed by atoms with E-state index in [1.54, 1.807) is 7.05 Å². The van der Waals surface area contributed by atoms with Crippen LogP contribution in [0.15, 0.2) is 29.2 Å². The Morgan fingerprint density at radius 2 is 1.91 bits per heavy atom. The molecule has 1 aromatic carbocycles. The van der Waals surface area contributed by atoms with Gasteiger partial charge in [-0.25, -0.2) is 8.42 Å². The minimum absolute atomic E-state index is 0.0428. The zero-order valence-corrected chi connectivity index (χ0v) is 12.7. The second kappa shape index (κ2) is 6.43. The molecule has 0 saturated carbocycles. The molecule has 9 heteroatoms. The standard InChI is InChI=1S/C13H17F3N2O3S/c1-17-10-3-2-8-18(9-10)22(19,20)12-6-4-11(5-7-12)21-13(14,15)16/h4-7,10,17H,2-3,8-9H2,1H3/t10-/m1/s1. The first-order valence-corrected chi connectivity index (χ1v) is 8.19. The number of nitrogens with zero attached hydrogens (tertiary/aromatic N) is 1. The van der Waals surface area contributed by atoms with Gasteiger partial charge in [-0.2, -0.15) is 4.31 Å². The van der Waals surface area contributed by atoms with Gasteiger partial charge in [0.05, 0.1) is 4.90 Å². The zero-order chi connectivity index (χ0) is 16.4. The molecule has 124 valence electrons. The Hall–Kier alpha value is -1.32. The zero-order valence-electron chi connectivity index (χ0n) is 11.9. The smallest absolute Gasteiger partial charge is 0.406 e. The van der Waals surface area contributed by atoms with Crippen LogP contribution in [-0.4, -0.2) is 45.3 Å². The Morgan fingerprint density at radius 3 is 2.45 bits per heavy atom. The summed E-state index contributed by atoms with van der Waals surface area (Å²) in [7, 11) is -1.94. The summed E-state index contributed by atoms with van der Waals surface area (Å²) in [5.74, 6) is -0.446. The number of alkyl halides is 3. The van der Waals surface area contributed by atoms with E-state index < -0.39 is 22.1 Å². The average molecular weight is 338 g/mol. The first-order valence-electron chi connectivity index (χ1n) is 6.75. The molecule has 0 radical (unpaired) electrons. The lowest BCUT2D eigenvalue weighted by Gasteiger charge is -2.31. The minimum Gasteiger partial charge on any atom is -0.406 e. The van der Waals surface area contributed by atoms with Crippen molar-refractivity contribution in [3.8, 4) is 5.75 Å². The van der Waals surface area contributed by atoms with Crippen molar-refractivity contribution in [1.29, 1.82) is 0 Å². The third-order valence-electron chi connectivity index (χ3n) is 3.49. The molecule has 1 aliphatic rings. The number of rotatable bonds is 4. The van der Waals surface area contributed by atoms with Gasteiger partial charge in [-0.15, -0.1) is 13.2 Å². The average Bonchev–Trinajstić information content (AvgIpc) is 2.46. The summed E-state index contributed by atoms with van der Waals surface area (Å²) in [6, 6.07) is 4.33. The summed E-state index contributed by atoms with van der Waals surface area (Å²) in [5.41, 5.74) is 0. The summed E-state index contributed by atoms with van der Waals surface area (Å²) in [6.45, 7) is 0.751. The summed E-state index contributed by atoms with van der Waals surface area (Å²) < 4.78 is 66.3. The van der Waals surface area contributed by atoms with Crippen molar-refractivity contribution in [3.05, 3.63) is 24.3 Å². The molecule has 1 aliphatic heterocycles. The lowest BCUT2D eigenvalue weighted by atomic mass is 10.1. The van der Waals surface area contributed by atoms with Crippen molar-refractivity contribution in [2.24, 2.45) is 0 Å². The summed E-state index contributed by atoms with van der Waals surface area (Å²) in [5, 5.41) is 3.04. The van der Waals surface area contributed by atoms with Crippen LogP contribution in [0.25, 0.3) is 0 Å². The second-order valence-corrected chi connectivity index (χ2v) is 6.95. The van der Waals surface area contributed by atoms with E-state index in [2.05, 4.69) is 10.1 Å². The Morgan fingerprint density at radius 1 is 1.27 bits per heavy atom. The van der Waals surface area contributed by atoms with Gasteiger partial charge in [0.2, 0.25) is 10.0 Å². The first kappa shape index (κ1) is 17.0. The molecule has 0 bridgehead atoms. The number of likely N-dealkylation sites (N-methyl/N-ethyl adjacent to an activating group) is 1. The third-order valence-corrected chi connectivity index (χ3v) is 5.37. The fourth-order valence-electron chi connectivity index (χ4n) is 2.36. The van der Waals surface area contributed by atoms with Gasteiger partial charge in [-0.3, -0.25) is 0 Å². The lowest BCUT2D eigenvalue weighted by Crippen LogP contribution is -2.46. The van der Waals surface area contributed by atoms with Gasteiger partial charge in [0, 0.05) is 19.1 Å². The lowest BCUT2D eigenvalue weighted by molar-refractivity contribution is -0.274. The number of halogens is 3. The van der Waals surface area contributed by atoms with Crippen LogP contribution in [0.4, 0.5) is 13.2 Å². The Kier molecular flexibility index (Phi) is 4.98. The number of nitrogens with one attached hydrogen (secondary N) is 1. The molecule has 1 fully saturated rings. The number of hydrogen-bond acceptors (Lipinski definition) is 4. The molecule has 5 nitrogen and oxygen atoms in total. The summed E-state index contributed by atoms with van der Waals surface area (Å²) in [4.78, 5) is -0.0428. The Balaban J connectivity index is 2.15. The molecule has 1 heterocycles. The number of benzene rings is 1. The van der Waals surface area contributed by atoms with E-state index in [1.807, 2.05) is 0 Å². The highest BCUT2D eigenvalue weighted by atomic mass is 32.2. The molecular formula is C13H17F3N2O3S. The monoisotopic (exact) mass is 338 g/mol. The predicted molar refractivity (Wildman–Crippen MR) is 74.0 cm³/mol. The van der Waals surface area contributed by atoms with Crippen molar-refractivity contribution < 1.29 is 26.3 Å². The molecule has 22 heavy (non-hydrogen) atoms. The topological polar surface area (TPSA) is 58.6 Å². The normalized spacial score (nSPS) is 20.8. The highest BCUT2D eigenvalue weighted by Crippen LogP contribution is 2.26. The molecule has 0 amide bonds. The maximum atomic E-state index is 12.5. The van der Waals surface area contributed by atoms with Gasteiger partial charge in [0.25, 0.3) is 0 Å². The highest BCUT2D eigenvalue weighted by molar-refractivity contribution is 7.89. The van der Waals surface area contributed by atoms with Gasteiger partial charge < -0.3 is 10.1 Å². The van der Waals surface area contributed by atoms with Crippen LogP contribution in [0.3, 0.4) is 0 Å². The molecule has 1 atom stereocenters. The van der Waals surface area contributed by atoms with Gasteiger partial charge >= 0.3 is 6.36 Å². The number of piperidine rings is 1. The summed E-state index contributed by atoms with van der Waals surface area (Å²) in [6.07, 6.45) is -3.17. The fraction of sp³-hybridized carbons (Fsp3) is 0.538. The molecule has 0 aromatic heterocycles. The van der Waals surface area contributed by atoms with Crippen molar-refractivity contribution in [2.45, 2.75) is 30.1 Å². The van der Waals surface area contributed by atoms with Crippen molar-refractivity contribution >= 4 is 10.0 Å². The minimum atomic E-state index is -4.80. The Labute approximate surface area is 127 Å². The molecular weight excluding hydrogens is 321 g/mol. The molecule has 0 spiro atoms. The van der Waals surface area contributed by atoms with Gasteiger partial charge in [-0.1, -0.05) is 0 Å². The maximum Gasteiger partial charge on any atom is 0.573 e. The third kappa shape index (κ3) is 4.11. The van der Waals surface area contributed by atoms with E-state index in [0.717, 1.165) is 37.1 Å². The molecule has 2 rings (SSSR count). The van der Waals surface area contributed by atoms with Crippen LogP contribution in [-0.2, 0) is 10.0 Å². The summed E-state index contributed by atoms with van der Waals surface area (Å²) >= 11 is 0. The van der Waals surface area contributed by atoms with E-state index in [1.165, 1.54) is 4.31 Å². The van der Waals surface area contributed by atoms with Crippen LogP contribution in [0.1, 0.15) is 12.8 Å². The van der Waals surface area contributed by atoms with Crippen molar-refractivity contribution in [2.75, 3.05) is 20.1 Å². The first-order chi connectivity index (χ1) is 10.2. The molecule has 0 unspecified atom stereocenters. The molecule has 0 aliphatic carbocycles. The quantitative estimate of drug-likeness (QED) is 0.912. The molecule has 1 saturated heterocycles. The van der Waals surface area contributed by atoms with E-state index in [0.29, 0.717) is 13.1 Å². The highest BCUT2D eigenvalue weighted by Gasteiger charge is 2.32. The largest absolute Gasteiger partial charge is 0.573 e. The SMILES string of the molecule is CN[C@@H]1CCCN(S(=O)(=O)c2ccc(OC(F)(F)F)cc2)C1. The predicted octanol–water partition coefficient (Wildman–Crippen LogP) is 1.96. The van der Waals surface area contributed by atoms with E-state index in [9.17, 15) is 21.6 Å². The van der Waals surface area contributed by atoms with Crippen LogP contribution in [0.5, 0.6) is 5.75 Å². The number of sulfonamides is 1. The van der Waals surface area contributed by atoms with E-state index in [4.69, 9.17) is 0 Å². The maximum absolute atomic E-state index is 12.5. The van der Waals surface area contributed by atoms with Gasteiger partial charge in [0.1, 0.15) is 5.75 Å². The molecule has 1 N–H and O–H groups in total. The van der Waals surface area contributed by atoms with Crippen LogP contribution < -0.4 is 10.1 Å². The number of ether oxygens (including phenoxy) is 1. The van der Waals surface area contributed by atoms with Crippen LogP contribution >= 0.6 is 0 Å². The van der Waals surface area contributed by atoms with E-state index in [-0.39, 0.29) is 10.9 Å². The Bertz CT molecular complexity index is 602. The van der Waals surface area contributed by atoms with Crippen molar-refractivity contribution in [3.63, 3.8) is 0 Å². The molecule has 1 aromatic rings. The fourth-order valence-corrected chi connectivity index (χ4v) is 3.88. The van der Waals surface area contributed by atoms with Crippen molar-refractivity contribution in [1.82, 2.24) is 9.62 Å².